The van der Waals surface area contributed by atoms with Crippen LogP contribution in [0.5, 0.6) is 11.5 Å². The highest BCUT2D eigenvalue weighted by Crippen LogP contribution is 2.35. The molecule has 0 unspecified atom stereocenters. The van der Waals surface area contributed by atoms with E-state index < -0.39 is 0 Å². The Morgan fingerprint density at radius 3 is 2.75 bits per heavy atom. The van der Waals surface area contributed by atoms with Crippen LogP contribution in [-0.2, 0) is 6.54 Å². The first-order valence-electron chi connectivity index (χ1n) is 5.41. The van der Waals surface area contributed by atoms with Crippen LogP contribution in [0.2, 0.25) is 0 Å². The Morgan fingerprint density at radius 1 is 1.44 bits per heavy atom. The number of nitrogens with one attached hydrogen (secondary N) is 1. The van der Waals surface area contributed by atoms with Crippen molar-refractivity contribution in [3.8, 4) is 11.5 Å². The molecule has 4 nitrogen and oxygen atoms in total. The first-order valence-corrected chi connectivity index (χ1v) is 5.41. The van der Waals surface area contributed by atoms with Crippen LogP contribution in [0, 0.1) is 0 Å². The average molecular weight is 223 g/mol. The zero-order chi connectivity index (χ0) is 11.6. The van der Waals surface area contributed by atoms with Crippen molar-refractivity contribution in [2.75, 3.05) is 13.7 Å². The summed E-state index contributed by atoms with van der Waals surface area (Å²) in [7, 11) is 1.53. The summed E-state index contributed by atoms with van der Waals surface area (Å²) in [6.45, 7) is 0.861. The highest BCUT2D eigenvalue weighted by Gasteiger charge is 2.41. The van der Waals surface area contributed by atoms with Gasteiger partial charge in [-0.15, -0.1) is 0 Å². The lowest BCUT2D eigenvalue weighted by atomic mass is 10.2. The summed E-state index contributed by atoms with van der Waals surface area (Å²) in [5.74, 6) is 0.627. The van der Waals surface area contributed by atoms with Crippen LogP contribution < -0.4 is 10.1 Å². The molecule has 2 rings (SSSR count). The Labute approximate surface area is 94.9 Å². The lowest BCUT2D eigenvalue weighted by molar-refractivity contribution is 0.229. The molecular formula is C12H17NO3. The van der Waals surface area contributed by atoms with E-state index in [2.05, 4.69) is 5.32 Å². The number of phenols is 1. The molecule has 0 atom stereocenters. The fraction of sp³-hybridized carbons (Fsp3) is 0.500. The van der Waals surface area contributed by atoms with Crippen LogP contribution in [0.4, 0.5) is 0 Å². The van der Waals surface area contributed by atoms with Gasteiger partial charge < -0.3 is 20.3 Å². The number of rotatable bonds is 5. The van der Waals surface area contributed by atoms with Gasteiger partial charge in [0.2, 0.25) is 0 Å². The minimum Gasteiger partial charge on any atom is -0.504 e. The summed E-state index contributed by atoms with van der Waals surface area (Å²) in [6.07, 6.45) is 2.05. The maximum absolute atomic E-state index is 9.44. The molecule has 3 N–H and O–H groups in total. The molecule has 4 heteroatoms. The zero-order valence-electron chi connectivity index (χ0n) is 9.36. The molecule has 0 saturated heterocycles. The third-order valence-corrected chi connectivity index (χ3v) is 3.07. The Bertz CT molecular complexity index is 375. The molecule has 0 bridgehead atoms. The average Bonchev–Trinajstić information content (AvgIpc) is 3.09. The van der Waals surface area contributed by atoms with Gasteiger partial charge in [0, 0.05) is 12.1 Å². The molecule has 0 aromatic heterocycles. The van der Waals surface area contributed by atoms with E-state index in [0.717, 1.165) is 18.4 Å². The standard InChI is InChI=1S/C12H17NO3/c1-16-11-6-9(2-3-10(11)15)7-13-12(8-14)4-5-12/h2-3,6,13-15H,4-5,7-8H2,1H3. The van der Waals surface area contributed by atoms with Gasteiger partial charge in [-0.3, -0.25) is 0 Å². The van der Waals surface area contributed by atoms with E-state index in [0.29, 0.717) is 12.3 Å². The third-order valence-electron chi connectivity index (χ3n) is 3.07. The molecular weight excluding hydrogens is 206 g/mol. The lowest BCUT2D eigenvalue weighted by Gasteiger charge is -2.14. The summed E-state index contributed by atoms with van der Waals surface area (Å²) >= 11 is 0. The predicted molar refractivity (Wildman–Crippen MR) is 60.5 cm³/mol. The van der Waals surface area contributed by atoms with Gasteiger partial charge in [-0.25, -0.2) is 0 Å². The van der Waals surface area contributed by atoms with E-state index in [9.17, 15) is 5.11 Å². The van der Waals surface area contributed by atoms with Gasteiger partial charge in [-0.1, -0.05) is 6.07 Å². The van der Waals surface area contributed by atoms with Crippen molar-refractivity contribution in [2.45, 2.75) is 24.9 Å². The van der Waals surface area contributed by atoms with Gasteiger partial charge in [0.1, 0.15) is 0 Å². The normalized spacial score (nSPS) is 17.1. The Morgan fingerprint density at radius 2 is 2.19 bits per heavy atom. The lowest BCUT2D eigenvalue weighted by Crippen LogP contribution is -2.34. The molecule has 0 amide bonds. The number of aliphatic hydroxyl groups excluding tert-OH is 1. The fourth-order valence-corrected chi connectivity index (χ4v) is 1.66. The number of ether oxygens (including phenoxy) is 1. The molecule has 0 heterocycles. The van der Waals surface area contributed by atoms with E-state index in [1.54, 1.807) is 12.1 Å². The summed E-state index contributed by atoms with van der Waals surface area (Å²) in [4.78, 5) is 0. The summed E-state index contributed by atoms with van der Waals surface area (Å²) in [5, 5.41) is 21.9. The van der Waals surface area contributed by atoms with Gasteiger partial charge >= 0.3 is 0 Å². The number of aliphatic hydroxyl groups is 1. The van der Waals surface area contributed by atoms with Crippen LogP contribution in [0.15, 0.2) is 18.2 Å². The molecule has 16 heavy (non-hydrogen) atoms. The van der Waals surface area contributed by atoms with Crippen molar-refractivity contribution >= 4 is 0 Å². The van der Waals surface area contributed by atoms with Gasteiger partial charge in [0.25, 0.3) is 0 Å². The van der Waals surface area contributed by atoms with E-state index in [1.165, 1.54) is 7.11 Å². The second kappa shape index (κ2) is 4.31. The van der Waals surface area contributed by atoms with Gasteiger partial charge in [-0.2, -0.15) is 0 Å². The van der Waals surface area contributed by atoms with E-state index in [1.807, 2.05) is 6.07 Å². The van der Waals surface area contributed by atoms with Crippen molar-refractivity contribution in [1.82, 2.24) is 5.32 Å². The molecule has 1 fully saturated rings. The number of aromatic hydroxyl groups is 1. The van der Waals surface area contributed by atoms with Crippen LogP contribution in [0.1, 0.15) is 18.4 Å². The predicted octanol–water partition coefficient (Wildman–Crippen LogP) is 1.02. The Balaban J connectivity index is 1.99. The van der Waals surface area contributed by atoms with Crippen LogP contribution >= 0.6 is 0 Å². The SMILES string of the molecule is COc1cc(CNC2(CO)CC2)ccc1O. The van der Waals surface area contributed by atoms with Gasteiger partial charge in [0.15, 0.2) is 11.5 Å². The maximum atomic E-state index is 9.44. The maximum Gasteiger partial charge on any atom is 0.160 e. The van der Waals surface area contributed by atoms with E-state index in [-0.39, 0.29) is 17.9 Å². The smallest absolute Gasteiger partial charge is 0.160 e. The molecule has 1 saturated carbocycles. The molecule has 1 aromatic rings. The molecule has 1 aromatic carbocycles. The van der Waals surface area contributed by atoms with E-state index >= 15 is 0 Å². The van der Waals surface area contributed by atoms with Crippen molar-refractivity contribution in [1.29, 1.82) is 0 Å². The number of benzene rings is 1. The number of phenolic OH excluding ortho intramolecular Hbond substituents is 1. The summed E-state index contributed by atoms with van der Waals surface area (Å²) in [5.41, 5.74) is 0.972. The molecule has 0 radical (unpaired) electrons. The first-order chi connectivity index (χ1) is 7.69. The van der Waals surface area contributed by atoms with Crippen molar-refractivity contribution < 1.29 is 14.9 Å². The second-order valence-electron chi connectivity index (χ2n) is 4.30. The molecule has 1 aliphatic carbocycles. The Hall–Kier alpha value is -1.26. The molecule has 0 aliphatic heterocycles. The highest BCUT2D eigenvalue weighted by molar-refractivity contribution is 5.41. The summed E-state index contributed by atoms with van der Waals surface area (Å²) < 4.78 is 5.03. The van der Waals surface area contributed by atoms with Crippen molar-refractivity contribution in [3.05, 3.63) is 23.8 Å². The minimum absolute atomic E-state index is 0.0644. The number of methoxy groups -OCH3 is 1. The van der Waals surface area contributed by atoms with Crippen LogP contribution in [0.3, 0.4) is 0 Å². The van der Waals surface area contributed by atoms with Gasteiger partial charge in [-0.05, 0) is 30.5 Å². The summed E-state index contributed by atoms with van der Waals surface area (Å²) in [6, 6.07) is 5.27. The molecule has 1 aliphatic rings. The highest BCUT2D eigenvalue weighted by atomic mass is 16.5. The van der Waals surface area contributed by atoms with Gasteiger partial charge in [0.05, 0.1) is 13.7 Å². The van der Waals surface area contributed by atoms with Crippen LogP contribution in [-0.4, -0.2) is 29.5 Å². The molecule has 0 spiro atoms. The van der Waals surface area contributed by atoms with Crippen molar-refractivity contribution in [3.63, 3.8) is 0 Å². The van der Waals surface area contributed by atoms with Crippen LogP contribution in [0.25, 0.3) is 0 Å². The third kappa shape index (κ3) is 2.28. The zero-order valence-corrected chi connectivity index (χ0v) is 9.36. The largest absolute Gasteiger partial charge is 0.504 e. The Kier molecular flexibility index (Phi) is 3.03. The fourth-order valence-electron chi connectivity index (χ4n) is 1.66. The number of hydrogen-bond acceptors (Lipinski definition) is 4. The molecule has 88 valence electrons. The van der Waals surface area contributed by atoms with E-state index in [4.69, 9.17) is 9.84 Å². The van der Waals surface area contributed by atoms with Crippen molar-refractivity contribution in [2.24, 2.45) is 0 Å². The first kappa shape index (κ1) is 11.2. The quantitative estimate of drug-likeness (QED) is 0.697. The second-order valence-corrected chi connectivity index (χ2v) is 4.30. The topological polar surface area (TPSA) is 61.7 Å². The number of hydrogen-bond donors (Lipinski definition) is 3. The minimum atomic E-state index is -0.0644. The monoisotopic (exact) mass is 223 g/mol.